The fourth-order valence-corrected chi connectivity index (χ4v) is 3.15. The molecule has 0 bridgehead atoms. The van der Waals surface area contributed by atoms with E-state index in [1.165, 1.54) is 6.26 Å². The van der Waals surface area contributed by atoms with Gasteiger partial charge in [0.05, 0.1) is 50.2 Å². The summed E-state index contributed by atoms with van der Waals surface area (Å²) in [6.45, 7) is 2.95. The molecule has 25 heavy (non-hydrogen) atoms. The van der Waals surface area contributed by atoms with E-state index in [1.54, 1.807) is 29.2 Å². The highest BCUT2D eigenvalue weighted by Crippen LogP contribution is 2.21. The number of carbonyl (C=O) groups excluding carboxylic acids is 2. The first-order valence-electron chi connectivity index (χ1n) is 8.18. The van der Waals surface area contributed by atoms with Crippen LogP contribution in [0.2, 0.25) is 5.02 Å². The van der Waals surface area contributed by atoms with Gasteiger partial charge >= 0.3 is 0 Å². The third kappa shape index (κ3) is 4.21. The Morgan fingerprint density at radius 1 is 1.20 bits per heavy atom. The topological polar surface area (TPSA) is 62.6 Å². The highest BCUT2D eigenvalue weighted by Gasteiger charge is 2.33. The molecule has 0 atom stereocenters. The molecule has 1 fully saturated rings. The monoisotopic (exact) mass is 362 g/mol. The molecular weight excluding hydrogens is 342 g/mol. The van der Waals surface area contributed by atoms with E-state index in [4.69, 9.17) is 16.0 Å². The molecule has 0 unspecified atom stereocenters. The number of nitrogens with zero attached hydrogens (tertiary/aromatic N) is 2. The van der Waals surface area contributed by atoms with Crippen molar-refractivity contribution in [2.45, 2.75) is 0 Å². The number of rotatable bonds is 4. The van der Waals surface area contributed by atoms with Gasteiger partial charge in [0.1, 0.15) is 0 Å². The molecule has 7 heteroatoms. The summed E-state index contributed by atoms with van der Waals surface area (Å²) < 4.78 is 5.75. The molecule has 2 heterocycles. The maximum absolute atomic E-state index is 12.4. The third-order valence-electron chi connectivity index (χ3n) is 4.51. The van der Waals surface area contributed by atoms with Crippen LogP contribution in [0.3, 0.4) is 0 Å². The predicted octanol–water partition coefficient (Wildman–Crippen LogP) is 2.47. The molecule has 0 radical (unpaired) electrons. The lowest BCUT2D eigenvalue weighted by Crippen LogP contribution is -2.60. The van der Waals surface area contributed by atoms with Crippen LogP contribution in [-0.4, -0.2) is 61.0 Å². The minimum absolute atomic E-state index is 0.0820. The first-order valence-corrected chi connectivity index (χ1v) is 8.55. The molecule has 1 saturated heterocycles. The second-order valence-electron chi connectivity index (χ2n) is 6.52. The Labute approximate surface area is 151 Å². The molecule has 2 amide bonds. The van der Waals surface area contributed by atoms with Gasteiger partial charge in [0, 0.05) is 0 Å². The molecular formula is C18H21ClN3O3+. The molecule has 1 N–H and O–H groups in total. The molecule has 0 aliphatic carbocycles. The summed E-state index contributed by atoms with van der Waals surface area (Å²) in [5.41, 5.74) is 0.618. The van der Waals surface area contributed by atoms with Gasteiger partial charge in [-0.3, -0.25) is 9.59 Å². The van der Waals surface area contributed by atoms with Crippen molar-refractivity contribution in [1.82, 2.24) is 4.90 Å². The number of amides is 2. The molecule has 1 aliphatic heterocycles. The number of hydrogen-bond acceptors (Lipinski definition) is 3. The zero-order valence-electron chi connectivity index (χ0n) is 14.1. The zero-order chi connectivity index (χ0) is 17.9. The predicted molar refractivity (Wildman–Crippen MR) is 95.5 cm³/mol. The Morgan fingerprint density at radius 2 is 1.92 bits per heavy atom. The Morgan fingerprint density at radius 3 is 2.56 bits per heavy atom. The van der Waals surface area contributed by atoms with Gasteiger partial charge < -0.3 is 19.1 Å². The maximum Gasteiger partial charge on any atom is 0.289 e. The van der Waals surface area contributed by atoms with Gasteiger partial charge in [-0.25, -0.2) is 0 Å². The number of anilines is 1. The fourth-order valence-electron chi connectivity index (χ4n) is 2.96. The number of carbonyl (C=O) groups is 2. The molecule has 132 valence electrons. The smallest absolute Gasteiger partial charge is 0.289 e. The van der Waals surface area contributed by atoms with Gasteiger partial charge in [0.15, 0.2) is 12.3 Å². The largest absolute Gasteiger partial charge is 0.459 e. The lowest BCUT2D eigenvalue weighted by Gasteiger charge is -2.41. The highest BCUT2D eigenvalue weighted by molar-refractivity contribution is 6.33. The van der Waals surface area contributed by atoms with Crippen molar-refractivity contribution in [1.29, 1.82) is 0 Å². The highest BCUT2D eigenvalue weighted by atomic mass is 35.5. The third-order valence-corrected chi connectivity index (χ3v) is 4.84. The van der Waals surface area contributed by atoms with E-state index in [0.29, 0.717) is 53.7 Å². The van der Waals surface area contributed by atoms with Crippen molar-refractivity contribution in [3.8, 4) is 0 Å². The normalized spacial score (nSPS) is 16.5. The number of furan rings is 1. The molecule has 3 rings (SSSR count). The number of hydrogen-bond donors (Lipinski definition) is 1. The van der Waals surface area contributed by atoms with E-state index in [1.807, 2.05) is 19.2 Å². The second-order valence-corrected chi connectivity index (χ2v) is 6.93. The van der Waals surface area contributed by atoms with Gasteiger partial charge in [0.25, 0.3) is 11.8 Å². The molecule has 1 aliphatic rings. The second kappa shape index (κ2) is 7.29. The van der Waals surface area contributed by atoms with Crippen LogP contribution in [0, 0.1) is 0 Å². The van der Waals surface area contributed by atoms with Crippen LogP contribution in [0.4, 0.5) is 5.69 Å². The number of quaternary nitrogens is 1. The van der Waals surface area contributed by atoms with Gasteiger partial charge in [-0.05, 0) is 24.3 Å². The molecule has 1 aromatic heterocycles. The van der Waals surface area contributed by atoms with Crippen molar-refractivity contribution in [2.75, 3.05) is 45.1 Å². The van der Waals surface area contributed by atoms with E-state index in [0.717, 1.165) is 0 Å². The molecule has 1 aromatic carbocycles. The van der Waals surface area contributed by atoms with Gasteiger partial charge in [-0.15, -0.1) is 0 Å². The Bertz CT molecular complexity index is 753. The molecule has 2 aromatic rings. The number of benzene rings is 1. The lowest BCUT2D eigenvalue weighted by molar-refractivity contribution is -0.905. The fraction of sp³-hybridized carbons (Fsp3) is 0.333. The van der Waals surface area contributed by atoms with Crippen LogP contribution in [0.25, 0.3) is 0 Å². The Kier molecular flexibility index (Phi) is 5.11. The number of piperazine rings is 1. The van der Waals surface area contributed by atoms with Crippen molar-refractivity contribution < 1.29 is 18.5 Å². The summed E-state index contributed by atoms with van der Waals surface area (Å²) in [6, 6.07) is 10.5. The maximum atomic E-state index is 12.4. The average molecular weight is 363 g/mol. The van der Waals surface area contributed by atoms with E-state index >= 15 is 0 Å². The molecule has 6 nitrogen and oxygen atoms in total. The first kappa shape index (κ1) is 17.5. The van der Waals surface area contributed by atoms with E-state index in [9.17, 15) is 9.59 Å². The summed E-state index contributed by atoms with van der Waals surface area (Å²) >= 11 is 6.08. The van der Waals surface area contributed by atoms with Crippen molar-refractivity contribution >= 4 is 29.1 Å². The van der Waals surface area contributed by atoms with Crippen LogP contribution in [0.5, 0.6) is 0 Å². The van der Waals surface area contributed by atoms with Gasteiger partial charge in [-0.1, -0.05) is 23.7 Å². The summed E-state index contributed by atoms with van der Waals surface area (Å²) in [5.74, 6) is 0.172. The summed E-state index contributed by atoms with van der Waals surface area (Å²) in [5, 5.41) is 3.38. The van der Waals surface area contributed by atoms with Crippen LogP contribution in [0.1, 0.15) is 10.6 Å². The zero-order valence-corrected chi connectivity index (χ0v) is 14.8. The van der Waals surface area contributed by atoms with Crippen molar-refractivity contribution in [2.24, 2.45) is 0 Å². The summed E-state index contributed by atoms with van der Waals surface area (Å²) in [7, 11) is 2.03. The summed E-state index contributed by atoms with van der Waals surface area (Å²) in [6.07, 6.45) is 1.50. The average Bonchev–Trinajstić information content (AvgIpc) is 3.11. The van der Waals surface area contributed by atoms with Crippen molar-refractivity contribution in [3.63, 3.8) is 0 Å². The Balaban J connectivity index is 1.54. The number of halogens is 1. The van der Waals surface area contributed by atoms with E-state index in [2.05, 4.69) is 5.32 Å². The van der Waals surface area contributed by atoms with Crippen LogP contribution in [-0.2, 0) is 4.79 Å². The molecule has 0 saturated carbocycles. The van der Waals surface area contributed by atoms with Crippen LogP contribution >= 0.6 is 11.6 Å². The van der Waals surface area contributed by atoms with Gasteiger partial charge in [-0.2, -0.15) is 0 Å². The van der Waals surface area contributed by atoms with Gasteiger partial charge in [0.2, 0.25) is 0 Å². The number of nitrogens with one attached hydrogen (secondary N) is 1. The SMILES string of the molecule is C[N+]1(CC(=O)Nc2ccccc2Cl)CCN(C(=O)c2ccco2)CC1. The quantitative estimate of drug-likeness (QED) is 0.850. The van der Waals surface area contributed by atoms with Crippen LogP contribution in [0.15, 0.2) is 47.1 Å². The minimum Gasteiger partial charge on any atom is -0.459 e. The number of likely N-dealkylation sites (N-methyl/N-ethyl adjacent to an activating group) is 1. The molecule has 0 spiro atoms. The standard InChI is InChI=1S/C18H20ClN3O3/c1-22(13-17(23)20-15-6-3-2-5-14(15)19)10-8-21(9-11-22)18(24)16-7-4-12-25-16/h2-7,12H,8-11,13H2,1H3/p+1. The minimum atomic E-state index is -0.100. The van der Waals surface area contributed by atoms with E-state index in [-0.39, 0.29) is 11.8 Å². The Hall–Kier alpha value is -2.31. The first-order chi connectivity index (χ1) is 12.0. The summed E-state index contributed by atoms with van der Waals surface area (Å²) in [4.78, 5) is 26.4. The van der Waals surface area contributed by atoms with E-state index < -0.39 is 0 Å². The lowest BCUT2D eigenvalue weighted by atomic mass is 10.2. The van der Waals surface area contributed by atoms with Crippen LogP contribution < -0.4 is 5.32 Å². The van der Waals surface area contributed by atoms with Crippen molar-refractivity contribution in [3.05, 3.63) is 53.4 Å². The number of para-hydroxylation sites is 1.